The molecule has 0 atom stereocenters. The van der Waals surface area contributed by atoms with Gasteiger partial charge in [0.15, 0.2) is 5.82 Å². The molecule has 36 heavy (non-hydrogen) atoms. The van der Waals surface area contributed by atoms with Crippen molar-refractivity contribution in [3.8, 4) is 28.3 Å². The maximum Gasteiger partial charge on any atom is 0.222 e. The molecule has 1 heterocycles. The minimum absolute atomic E-state index is 0.216. The van der Waals surface area contributed by atoms with E-state index < -0.39 is 0 Å². The summed E-state index contributed by atoms with van der Waals surface area (Å²) in [5.41, 5.74) is 4.19. The number of nitrogens with one attached hydrogen (secondary N) is 1. The third-order valence-corrected chi connectivity index (χ3v) is 6.10. The summed E-state index contributed by atoms with van der Waals surface area (Å²) >= 11 is 0. The van der Waals surface area contributed by atoms with Crippen LogP contribution in [0.2, 0.25) is 0 Å². The predicted octanol–water partition coefficient (Wildman–Crippen LogP) is 5.91. The van der Waals surface area contributed by atoms with Crippen molar-refractivity contribution in [2.24, 2.45) is 0 Å². The first-order valence-corrected chi connectivity index (χ1v) is 12.6. The molecule has 186 valence electrons. The molecule has 3 aromatic carbocycles. The fraction of sp³-hybridized carbons (Fsp3) is 0.310. The summed E-state index contributed by atoms with van der Waals surface area (Å²) in [5.74, 6) is 1.74. The quantitative estimate of drug-likeness (QED) is 0.239. The van der Waals surface area contributed by atoms with E-state index in [0.29, 0.717) is 25.4 Å². The topological polar surface area (TPSA) is 84.0 Å². The van der Waals surface area contributed by atoms with Crippen LogP contribution in [0.4, 0.5) is 0 Å². The largest absolute Gasteiger partial charge is 0.494 e. The maximum atomic E-state index is 12.9. The summed E-state index contributed by atoms with van der Waals surface area (Å²) in [4.78, 5) is 14.9. The van der Waals surface area contributed by atoms with Crippen LogP contribution < -0.4 is 4.74 Å². The molecule has 0 aliphatic rings. The van der Waals surface area contributed by atoms with Crippen LogP contribution in [0.1, 0.15) is 44.6 Å². The normalized spacial score (nSPS) is 10.8. The van der Waals surface area contributed by atoms with Gasteiger partial charge in [-0.05, 0) is 58.5 Å². The highest BCUT2D eigenvalue weighted by molar-refractivity contribution is 5.80. The van der Waals surface area contributed by atoms with Crippen LogP contribution in [0.25, 0.3) is 22.5 Å². The van der Waals surface area contributed by atoms with Gasteiger partial charge in [0.25, 0.3) is 0 Å². The summed E-state index contributed by atoms with van der Waals surface area (Å²) in [6, 6.07) is 26.3. The summed E-state index contributed by atoms with van der Waals surface area (Å²) in [5, 5.41) is 14.3. The number of carbonyl (C=O) groups excluding carboxylic acids is 1. The lowest BCUT2D eigenvalue weighted by Crippen LogP contribution is -2.31. The Morgan fingerprint density at radius 1 is 0.889 bits per heavy atom. The van der Waals surface area contributed by atoms with Gasteiger partial charge in [-0.2, -0.15) is 0 Å². The van der Waals surface area contributed by atoms with Crippen molar-refractivity contribution in [2.45, 2.75) is 45.6 Å². The Hall–Kier alpha value is -4.00. The predicted molar refractivity (Wildman–Crippen MR) is 141 cm³/mol. The summed E-state index contributed by atoms with van der Waals surface area (Å²) < 4.78 is 5.81. The molecule has 0 aliphatic carbocycles. The van der Waals surface area contributed by atoms with E-state index in [1.165, 1.54) is 0 Å². The van der Waals surface area contributed by atoms with Gasteiger partial charge in [-0.3, -0.25) is 4.79 Å². The monoisotopic (exact) mass is 483 g/mol. The van der Waals surface area contributed by atoms with Crippen molar-refractivity contribution in [3.63, 3.8) is 0 Å². The lowest BCUT2D eigenvalue weighted by Gasteiger charge is -2.23. The van der Waals surface area contributed by atoms with Gasteiger partial charge in [-0.15, -0.1) is 5.10 Å². The van der Waals surface area contributed by atoms with Crippen LogP contribution in [0.3, 0.4) is 0 Å². The third kappa shape index (κ3) is 7.01. The zero-order chi connectivity index (χ0) is 25.0. The highest BCUT2D eigenvalue weighted by Gasteiger charge is 2.14. The Bertz CT molecular complexity index is 1190. The van der Waals surface area contributed by atoms with Crippen molar-refractivity contribution >= 4 is 5.91 Å². The van der Waals surface area contributed by atoms with Crippen molar-refractivity contribution < 1.29 is 9.53 Å². The number of carbonyl (C=O) groups is 1. The Labute approximate surface area is 212 Å². The van der Waals surface area contributed by atoms with Gasteiger partial charge in [0, 0.05) is 25.1 Å². The molecule has 0 spiro atoms. The number of hydrogen-bond acceptors (Lipinski definition) is 5. The Kier molecular flexibility index (Phi) is 9.19. The second kappa shape index (κ2) is 13.2. The second-order valence-corrected chi connectivity index (χ2v) is 8.78. The van der Waals surface area contributed by atoms with E-state index in [1.54, 1.807) is 0 Å². The minimum Gasteiger partial charge on any atom is -0.494 e. The number of ether oxygens (including phenoxy) is 1. The molecule has 1 amide bonds. The summed E-state index contributed by atoms with van der Waals surface area (Å²) in [6.45, 7) is 4.10. The van der Waals surface area contributed by atoms with E-state index in [0.717, 1.165) is 60.2 Å². The molecule has 0 fully saturated rings. The van der Waals surface area contributed by atoms with E-state index in [-0.39, 0.29) is 5.91 Å². The van der Waals surface area contributed by atoms with Gasteiger partial charge in [0.1, 0.15) is 5.75 Å². The van der Waals surface area contributed by atoms with Crippen molar-refractivity contribution in [1.29, 1.82) is 0 Å². The standard InChI is InChI=1S/C29H33N5O2/c1-2-3-15-28(35)34(20-9-10-21-36-25-11-5-4-6-12-25)22-23-16-18-24(19-17-23)26-13-7-8-14-27(26)29-30-32-33-31-29/h4-8,11-14,16-19H,2-3,9-10,15,20-22H2,1H3,(H,30,31,32,33). The van der Waals surface area contributed by atoms with E-state index in [4.69, 9.17) is 4.74 Å². The van der Waals surface area contributed by atoms with Gasteiger partial charge in [-0.1, -0.05) is 80.1 Å². The first-order valence-electron chi connectivity index (χ1n) is 12.6. The molecular weight excluding hydrogens is 450 g/mol. The van der Waals surface area contributed by atoms with E-state index in [9.17, 15) is 4.79 Å². The van der Waals surface area contributed by atoms with Crippen molar-refractivity contribution in [1.82, 2.24) is 25.5 Å². The Balaban J connectivity index is 1.38. The van der Waals surface area contributed by atoms with Crippen molar-refractivity contribution in [2.75, 3.05) is 13.2 Å². The molecule has 0 unspecified atom stereocenters. The number of benzene rings is 3. The van der Waals surface area contributed by atoms with Crippen LogP contribution in [0, 0.1) is 0 Å². The first-order chi connectivity index (χ1) is 17.7. The Morgan fingerprint density at radius 2 is 1.64 bits per heavy atom. The Morgan fingerprint density at radius 3 is 2.36 bits per heavy atom. The number of hydrogen-bond donors (Lipinski definition) is 1. The SMILES string of the molecule is CCCCC(=O)N(CCCCOc1ccccc1)Cc1ccc(-c2ccccc2-c2nnn[nH]2)cc1. The van der Waals surface area contributed by atoms with Crippen LogP contribution in [0.15, 0.2) is 78.9 Å². The average molecular weight is 484 g/mol. The molecule has 4 rings (SSSR count). The number of tetrazole rings is 1. The van der Waals surface area contributed by atoms with Crippen LogP contribution in [0.5, 0.6) is 5.75 Å². The second-order valence-electron chi connectivity index (χ2n) is 8.78. The summed E-state index contributed by atoms with van der Waals surface area (Å²) in [6.07, 6.45) is 4.33. The maximum absolute atomic E-state index is 12.9. The fourth-order valence-corrected chi connectivity index (χ4v) is 4.11. The number of amides is 1. The van der Waals surface area contributed by atoms with Crippen LogP contribution in [-0.2, 0) is 11.3 Å². The van der Waals surface area contributed by atoms with Gasteiger partial charge in [0.2, 0.25) is 5.91 Å². The van der Waals surface area contributed by atoms with Crippen LogP contribution in [-0.4, -0.2) is 44.6 Å². The number of unbranched alkanes of at least 4 members (excludes halogenated alkanes) is 2. The summed E-state index contributed by atoms with van der Waals surface area (Å²) in [7, 11) is 0. The van der Waals surface area contributed by atoms with E-state index in [1.807, 2.05) is 53.4 Å². The average Bonchev–Trinajstić information content (AvgIpc) is 3.47. The molecule has 1 N–H and O–H groups in total. The molecule has 0 radical (unpaired) electrons. The molecular formula is C29H33N5O2. The van der Waals surface area contributed by atoms with E-state index >= 15 is 0 Å². The molecule has 7 heteroatoms. The van der Waals surface area contributed by atoms with Crippen molar-refractivity contribution in [3.05, 3.63) is 84.4 Å². The zero-order valence-corrected chi connectivity index (χ0v) is 20.8. The first kappa shape index (κ1) is 25.1. The third-order valence-electron chi connectivity index (χ3n) is 6.10. The zero-order valence-electron chi connectivity index (χ0n) is 20.8. The van der Waals surface area contributed by atoms with Gasteiger partial charge in [0.05, 0.1) is 6.61 Å². The number of aromatic nitrogens is 4. The molecule has 0 aliphatic heterocycles. The molecule has 0 saturated carbocycles. The number of rotatable bonds is 13. The highest BCUT2D eigenvalue weighted by Crippen LogP contribution is 2.30. The lowest BCUT2D eigenvalue weighted by molar-refractivity contribution is -0.132. The smallest absolute Gasteiger partial charge is 0.222 e. The molecule has 0 bridgehead atoms. The molecule has 0 saturated heterocycles. The number of nitrogens with zero attached hydrogens (tertiary/aromatic N) is 4. The number of H-pyrrole nitrogens is 1. The highest BCUT2D eigenvalue weighted by atomic mass is 16.5. The van der Waals surface area contributed by atoms with E-state index in [2.05, 4.69) is 57.9 Å². The van der Waals surface area contributed by atoms with Crippen LogP contribution >= 0.6 is 0 Å². The lowest BCUT2D eigenvalue weighted by atomic mass is 9.98. The fourth-order valence-electron chi connectivity index (χ4n) is 4.11. The molecule has 1 aromatic heterocycles. The molecule has 7 nitrogen and oxygen atoms in total. The van der Waals surface area contributed by atoms with Gasteiger partial charge < -0.3 is 9.64 Å². The number of aromatic amines is 1. The minimum atomic E-state index is 0.216. The number of para-hydroxylation sites is 1. The molecule has 4 aromatic rings. The van der Waals surface area contributed by atoms with Gasteiger partial charge in [-0.25, -0.2) is 5.10 Å². The van der Waals surface area contributed by atoms with Gasteiger partial charge >= 0.3 is 0 Å².